The molecular formula is C16H23NO3S. The Bertz CT molecular complexity index is 610. The van der Waals surface area contributed by atoms with Gasteiger partial charge in [-0.1, -0.05) is 13.0 Å². The van der Waals surface area contributed by atoms with Gasteiger partial charge in [-0.3, -0.25) is 0 Å². The summed E-state index contributed by atoms with van der Waals surface area (Å²) < 4.78 is 29.2. The molecule has 0 spiro atoms. The fraction of sp³-hybridized carbons (Fsp3) is 0.625. The fourth-order valence-electron chi connectivity index (χ4n) is 3.04. The third kappa shape index (κ3) is 3.34. The first kappa shape index (κ1) is 14.7. The largest absolute Gasteiger partial charge is 0.493 e. The Morgan fingerprint density at radius 1 is 1.29 bits per heavy atom. The van der Waals surface area contributed by atoms with Crippen molar-refractivity contribution in [2.75, 3.05) is 30.0 Å². The van der Waals surface area contributed by atoms with Gasteiger partial charge in [-0.25, -0.2) is 8.42 Å². The summed E-state index contributed by atoms with van der Waals surface area (Å²) in [5, 5.41) is 3.40. The molecule has 0 saturated carbocycles. The average Bonchev–Trinajstić information content (AvgIpc) is 2.49. The molecule has 0 bridgehead atoms. The molecule has 1 N–H and O–H groups in total. The van der Waals surface area contributed by atoms with Gasteiger partial charge in [-0.2, -0.15) is 0 Å². The Hall–Kier alpha value is -1.23. The van der Waals surface area contributed by atoms with Crippen molar-refractivity contribution in [2.45, 2.75) is 32.6 Å². The Morgan fingerprint density at radius 2 is 2.05 bits per heavy atom. The zero-order chi connectivity index (χ0) is 14.9. The maximum Gasteiger partial charge on any atom is 0.150 e. The van der Waals surface area contributed by atoms with Crippen LogP contribution in [0.4, 0.5) is 5.69 Å². The van der Waals surface area contributed by atoms with E-state index in [9.17, 15) is 8.42 Å². The molecule has 4 nitrogen and oxygen atoms in total. The van der Waals surface area contributed by atoms with Gasteiger partial charge in [0.05, 0.1) is 18.1 Å². The first-order valence-corrected chi connectivity index (χ1v) is 9.49. The molecule has 5 heteroatoms. The highest BCUT2D eigenvalue weighted by molar-refractivity contribution is 7.91. The average molecular weight is 309 g/mol. The second-order valence-corrected chi connectivity index (χ2v) is 8.87. The second kappa shape index (κ2) is 5.52. The zero-order valence-corrected chi connectivity index (χ0v) is 13.3. The van der Waals surface area contributed by atoms with Crippen LogP contribution in [-0.4, -0.2) is 33.1 Å². The normalized spacial score (nSPS) is 22.9. The van der Waals surface area contributed by atoms with Gasteiger partial charge >= 0.3 is 0 Å². The lowest BCUT2D eigenvalue weighted by atomic mass is 9.85. The van der Waals surface area contributed by atoms with E-state index in [2.05, 4.69) is 18.3 Å². The van der Waals surface area contributed by atoms with Gasteiger partial charge < -0.3 is 10.1 Å². The first-order chi connectivity index (χ1) is 9.98. The minimum absolute atomic E-state index is 0.0316. The van der Waals surface area contributed by atoms with Crippen molar-refractivity contribution in [3.8, 4) is 5.75 Å². The Morgan fingerprint density at radius 3 is 2.81 bits per heavy atom. The maximum absolute atomic E-state index is 11.6. The standard InChI is InChI=1S/C16H23NO3S/c1-16(7-10-21(18,19)11-8-16)12-20-15-6-2-5-14-13(15)4-3-9-17-14/h2,5-6,17H,3-4,7-12H2,1H3. The van der Waals surface area contributed by atoms with E-state index in [4.69, 9.17) is 4.74 Å². The van der Waals surface area contributed by atoms with Gasteiger partial charge in [0.1, 0.15) is 15.6 Å². The molecule has 0 radical (unpaired) electrons. The van der Waals surface area contributed by atoms with Crippen LogP contribution >= 0.6 is 0 Å². The molecule has 0 amide bonds. The fourth-order valence-corrected chi connectivity index (χ4v) is 4.85. The SMILES string of the molecule is CC1(COc2cccc3c2CCCN3)CCS(=O)(=O)CC1. The lowest BCUT2D eigenvalue weighted by molar-refractivity contribution is 0.148. The molecule has 1 aromatic carbocycles. The molecule has 0 aromatic heterocycles. The van der Waals surface area contributed by atoms with E-state index in [0.717, 1.165) is 25.1 Å². The van der Waals surface area contributed by atoms with E-state index >= 15 is 0 Å². The summed E-state index contributed by atoms with van der Waals surface area (Å²) in [6.45, 7) is 3.75. The lowest BCUT2D eigenvalue weighted by Gasteiger charge is -2.33. The number of rotatable bonds is 3. The van der Waals surface area contributed by atoms with Crippen LogP contribution in [0.15, 0.2) is 18.2 Å². The summed E-state index contributed by atoms with van der Waals surface area (Å²) >= 11 is 0. The number of fused-ring (bicyclic) bond motifs is 1. The molecule has 0 aliphatic carbocycles. The molecule has 0 unspecified atom stereocenters. The van der Waals surface area contributed by atoms with E-state index < -0.39 is 9.84 Å². The highest BCUT2D eigenvalue weighted by Crippen LogP contribution is 2.35. The van der Waals surface area contributed by atoms with Gasteiger partial charge in [0.2, 0.25) is 0 Å². The van der Waals surface area contributed by atoms with E-state index in [0.29, 0.717) is 31.0 Å². The van der Waals surface area contributed by atoms with Crippen LogP contribution < -0.4 is 10.1 Å². The molecule has 116 valence electrons. The molecule has 2 aliphatic heterocycles. The molecule has 1 fully saturated rings. The summed E-state index contributed by atoms with van der Waals surface area (Å²) in [5.74, 6) is 1.54. The van der Waals surface area contributed by atoms with Crippen LogP contribution in [0.1, 0.15) is 31.7 Å². The van der Waals surface area contributed by atoms with E-state index in [1.807, 2.05) is 12.1 Å². The first-order valence-electron chi connectivity index (χ1n) is 7.67. The highest BCUT2D eigenvalue weighted by Gasteiger charge is 2.34. The van der Waals surface area contributed by atoms with Gasteiger partial charge in [-0.05, 0) is 37.8 Å². The van der Waals surface area contributed by atoms with Gasteiger partial charge in [0.25, 0.3) is 0 Å². The predicted octanol–water partition coefficient (Wildman–Crippen LogP) is 2.64. The number of benzene rings is 1. The topological polar surface area (TPSA) is 55.4 Å². The smallest absolute Gasteiger partial charge is 0.150 e. The second-order valence-electron chi connectivity index (χ2n) is 6.56. The maximum atomic E-state index is 11.6. The molecule has 3 rings (SSSR count). The van der Waals surface area contributed by atoms with Crippen LogP contribution in [0.2, 0.25) is 0 Å². The summed E-state index contributed by atoms with van der Waals surface area (Å²) in [6, 6.07) is 6.13. The number of hydrogen-bond acceptors (Lipinski definition) is 4. The van der Waals surface area contributed by atoms with Gasteiger partial charge in [-0.15, -0.1) is 0 Å². The van der Waals surface area contributed by atoms with Crippen molar-refractivity contribution >= 4 is 15.5 Å². The van der Waals surface area contributed by atoms with Crippen molar-refractivity contribution in [1.29, 1.82) is 0 Å². The third-order valence-corrected chi connectivity index (χ3v) is 6.31. The van der Waals surface area contributed by atoms with Gasteiger partial charge in [0.15, 0.2) is 0 Å². The number of sulfone groups is 1. The Kier molecular flexibility index (Phi) is 3.86. The van der Waals surface area contributed by atoms with E-state index in [1.165, 1.54) is 11.3 Å². The minimum atomic E-state index is -2.82. The van der Waals surface area contributed by atoms with E-state index in [-0.39, 0.29) is 5.41 Å². The summed E-state index contributed by atoms with van der Waals surface area (Å²) in [5.41, 5.74) is 2.40. The Labute approximate surface area is 126 Å². The quantitative estimate of drug-likeness (QED) is 0.932. The zero-order valence-electron chi connectivity index (χ0n) is 12.5. The van der Waals surface area contributed by atoms with E-state index in [1.54, 1.807) is 0 Å². The lowest BCUT2D eigenvalue weighted by Crippen LogP contribution is -2.35. The molecular weight excluding hydrogens is 286 g/mol. The summed E-state index contributed by atoms with van der Waals surface area (Å²) in [7, 11) is -2.82. The minimum Gasteiger partial charge on any atom is -0.493 e. The van der Waals surface area contributed by atoms with Crippen molar-refractivity contribution < 1.29 is 13.2 Å². The van der Waals surface area contributed by atoms with Crippen LogP contribution in [0.25, 0.3) is 0 Å². The van der Waals surface area contributed by atoms with Crippen LogP contribution in [-0.2, 0) is 16.3 Å². The summed E-state index contributed by atoms with van der Waals surface area (Å²) in [4.78, 5) is 0. The van der Waals surface area contributed by atoms with Crippen LogP contribution in [0.5, 0.6) is 5.75 Å². The number of anilines is 1. The van der Waals surface area contributed by atoms with Crippen molar-refractivity contribution in [2.24, 2.45) is 5.41 Å². The van der Waals surface area contributed by atoms with Crippen LogP contribution in [0.3, 0.4) is 0 Å². The molecule has 1 aromatic rings. The number of nitrogens with one attached hydrogen (secondary N) is 1. The molecule has 2 heterocycles. The van der Waals surface area contributed by atoms with Crippen molar-refractivity contribution in [3.63, 3.8) is 0 Å². The van der Waals surface area contributed by atoms with Crippen LogP contribution in [0, 0.1) is 5.41 Å². The Balaban J connectivity index is 1.68. The van der Waals surface area contributed by atoms with Crippen molar-refractivity contribution in [1.82, 2.24) is 0 Å². The third-order valence-electron chi connectivity index (χ3n) is 4.66. The number of ether oxygens (including phenoxy) is 1. The molecule has 2 aliphatic rings. The summed E-state index contributed by atoms with van der Waals surface area (Å²) in [6.07, 6.45) is 3.57. The molecule has 0 atom stereocenters. The highest BCUT2D eigenvalue weighted by atomic mass is 32.2. The van der Waals surface area contributed by atoms with Crippen molar-refractivity contribution in [3.05, 3.63) is 23.8 Å². The molecule has 21 heavy (non-hydrogen) atoms. The molecule has 1 saturated heterocycles. The number of hydrogen-bond donors (Lipinski definition) is 1. The van der Waals surface area contributed by atoms with Gasteiger partial charge in [0, 0.05) is 23.2 Å². The monoisotopic (exact) mass is 309 g/mol. The predicted molar refractivity (Wildman–Crippen MR) is 84.7 cm³/mol.